The summed E-state index contributed by atoms with van der Waals surface area (Å²) in [5.74, 6) is -0.645. The predicted molar refractivity (Wildman–Crippen MR) is 112 cm³/mol. The lowest BCUT2D eigenvalue weighted by molar-refractivity contribution is -0.114. The normalized spacial score (nSPS) is 11.1. The number of fused-ring (bicyclic) bond motifs is 3. The van der Waals surface area contributed by atoms with Gasteiger partial charge in [0.05, 0.1) is 22.6 Å². The molecule has 139 valence electrons. The topological polar surface area (TPSA) is 77.1 Å². The summed E-state index contributed by atoms with van der Waals surface area (Å²) in [6.45, 7) is 1.93. The van der Waals surface area contributed by atoms with Crippen LogP contribution in [-0.4, -0.2) is 16.4 Å². The summed E-state index contributed by atoms with van der Waals surface area (Å²) >= 11 is 6.53. The molecule has 5 nitrogen and oxygen atoms in total. The number of carbonyl (C=O) groups is 2. The number of amides is 2. The number of nitrogens with zero attached hydrogens (tertiary/aromatic N) is 1. The van der Waals surface area contributed by atoms with Gasteiger partial charge in [0.15, 0.2) is 0 Å². The van der Waals surface area contributed by atoms with Crippen molar-refractivity contribution < 1.29 is 9.59 Å². The highest BCUT2D eigenvalue weighted by atomic mass is 35.5. The van der Waals surface area contributed by atoms with E-state index in [1.54, 1.807) is 24.3 Å². The zero-order valence-corrected chi connectivity index (χ0v) is 15.9. The number of hydrogen-bond acceptors (Lipinski definition) is 2. The lowest BCUT2D eigenvalue weighted by Gasteiger charge is -2.13. The Morgan fingerprint density at radius 3 is 2.68 bits per heavy atom. The van der Waals surface area contributed by atoms with Gasteiger partial charge in [-0.1, -0.05) is 41.9 Å². The number of rotatable bonds is 4. The Hall–Kier alpha value is -3.31. The average molecular weight is 391 g/mol. The van der Waals surface area contributed by atoms with Crippen molar-refractivity contribution in [1.29, 1.82) is 0 Å². The van der Waals surface area contributed by atoms with Crippen LogP contribution in [0.15, 0.2) is 54.6 Å². The molecule has 0 atom stereocenters. The summed E-state index contributed by atoms with van der Waals surface area (Å²) in [5, 5.41) is 4.88. The number of nitrogens with two attached hydrogens (primary N) is 1. The minimum absolute atomic E-state index is 0.142. The highest BCUT2D eigenvalue weighted by molar-refractivity contribution is 6.36. The summed E-state index contributed by atoms with van der Waals surface area (Å²) < 4.78 is 2.02. The van der Waals surface area contributed by atoms with Crippen LogP contribution < -0.4 is 11.1 Å². The fraction of sp³-hybridized carbons (Fsp3) is 0.0909. The monoisotopic (exact) mass is 390 g/mol. The van der Waals surface area contributed by atoms with Crippen molar-refractivity contribution >= 4 is 50.9 Å². The summed E-state index contributed by atoms with van der Waals surface area (Å²) in [4.78, 5) is 23.6. The molecule has 2 amide bonds. The Balaban J connectivity index is 2.01. The van der Waals surface area contributed by atoms with Crippen molar-refractivity contribution in [2.45, 2.75) is 13.5 Å². The number of halogens is 1. The molecule has 3 aromatic carbocycles. The fourth-order valence-electron chi connectivity index (χ4n) is 3.58. The quantitative estimate of drug-likeness (QED) is 0.543. The van der Waals surface area contributed by atoms with E-state index in [4.69, 9.17) is 17.3 Å². The summed E-state index contributed by atoms with van der Waals surface area (Å²) in [5.41, 5.74) is 9.28. The van der Waals surface area contributed by atoms with Crippen LogP contribution >= 0.6 is 11.6 Å². The average Bonchev–Trinajstić information content (AvgIpc) is 2.98. The number of hydrogen-bond donors (Lipinski definition) is 2. The first-order chi connectivity index (χ1) is 13.5. The molecule has 0 aliphatic carbocycles. The van der Waals surface area contributed by atoms with E-state index in [9.17, 15) is 9.59 Å². The first-order valence-corrected chi connectivity index (χ1v) is 9.11. The smallest absolute Gasteiger partial charge is 0.249 e. The zero-order chi connectivity index (χ0) is 19.8. The van der Waals surface area contributed by atoms with Gasteiger partial charge >= 0.3 is 0 Å². The number of primary amides is 1. The first kappa shape index (κ1) is 18.1. The van der Waals surface area contributed by atoms with Gasteiger partial charge in [0.1, 0.15) is 0 Å². The van der Waals surface area contributed by atoms with Gasteiger partial charge in [0, 0.05) is 28.9 Å². The molecule has 1 aromatic heterocycles. The molecule has 3 N–H and O–H groups in total. The Kier molecular flexibility index (Phi) is 4.53. The number of nitrogens with one attached hydrogen (secondary N) is 1. The molecule has 4 aromatic rings. The standard InChI is InChI=1S/C22H17ClN3O2/c1-13(27)25-18-10-3-2-6-14(18)12-26-19-11-5-8-16(22(24)28)20(19)15-7-4-9-17(23)21(15)26/h2-6,8-11H,12H2,1H3,(H2,24,28)(H,25,27). The second-order valence-electron chi connectivity index (χ2n) is 6.54. The van der Waals surface area contributed by atoms with E-state index >= 15 is 0 Å². The van der Waals surface area contributed by atoms with Gasteiger partial charge in [-0.25, -0.2) is 0 Å². The maximum Gasteiger partial charge on any atom is 0.249 e. The lowest BCUT2D eigenvalue weighted by Crippen LogP contribution is -2.11. The van der Waals surface area contributed by atoms with E-state index in [0.29, 0.717) is 17.1 Å². The van der Waals surface area contributed by atoms with Crippen LogP contribution in [0.3, 0.4) is 0 Å². The van der Waals surface area contributed by atoms with Crippen molar-refractivity contribution in [1.82, 2.24) is 4.57 Å². The van der Waals surface area contributed by atoms with E-state index in [1.807, 2.05) is 34.9 Å². The van der Waals surface area contributed by atoms with Crippen molar-refractivity contribution in [2.75, 3.05) is 5.32 Å². The maximum absolute atomic E-state index is 12.0. The third-order valence-corrected chi connectivity index (χ3v) is 5.00. The molecule has 0 unspecified atom stereocenters. The van der Waals surface area contributed by atoms with E-state index in [2.05, 4.69) is 11.4 Å². The molecule has 0 fully saturated rings. The molecule has 0 saturated heterocycles. The molecule has 0 saturated carbocycles. The molecule has 0 aliphatic rings. The van der Waals surface area contributed by atoms with Gasteiger partial charge in [-0.3, -0.25) is 9.59 Å². The minimum atomic E-state index is -0.503. The highest BCUT2D eigenvalue weighted by Crippen LogP contribution is 2.36. The molecule has 0 bridgehead atoms. The summed E-state index contributed by atoms with van der Waals surface area (Å²) in [7, 11) is 0. The highest BCUT2D eigenvalue weighted by Gasteiger charge is 2.19. The van der Waals surface area contributed by atoms with E-state index in [1.165, 1.54) is 6.92 Å². The maximum atomic E-state index is 12.0. The molecule has 1 radical (unpaired) electrons. The molecule has 6 heteroatoms. The predicted octanol–water partition coefficient (Wildman–Crippen LogP) is 4.35. The van der Waals surface area contributed by atoms with Crippen molar-refractivity contribution in [2.24, 2.45) is 5.73 Å². The second kappa shape index (κ2) is 7.02. The second-order valence-corrected chi connectivity index (χ2v) is 6.94. The number of aromatic nitrogens is 1. The minimum Gasteiger partial charge on any atom is -0.366 e. The van der Waals surface area contributed by atoms with Crippen LogP contribution in [0.4, 0.5) is 5.69 Å². The Morgan fingerprint density at radius 2 is 1.93 bits per heavy atom. The van der Waals surface area contributed by atoms with Gasteiger partial charge in [-0.05, 0) is 35.9 Å². The van der Waals surface area contributed by atoms with E-state index < -0.39 is 5.91 Å². The molecule has 4 rings (SSSR count). The van der Waals surface area contributed by atoms with Crippen molar-refractivity contribution in [3.63, 3.8) is 0 Å². The van der Waals surface area contributed by atoms with Crippen molar-refractivity contribution in [3.05, 3.63) is 76.8 Å². The van der Waals surface area contributed by atoms with E-state index in [0.717, 1.165) is 33.1 Å². The number of carbonyl (C=O) groups excluding carboxylic acids is 2. The van der Waals surface area contributed by atoms with Gasteiger partial charge in [0.2, 0.25) is 11.8 Å². The Bertz CT molecular complexity index is 1240. The first-order valence-electron chi connectivity index (χ1n) is 8.73. The Labute approximate surface area is 166 Å². The molecule has 0 spiro atoms. The van der Waals surface area contributed by atoms with Gasteiger partial charge in [-0.2, -0.15) is 0 Å². The van der Waals surface area contributed by atoms with Crippen LogP contribution in [0.25, 0.3) is 21.8 Å². The molecular formula is C22H17ClN3O2. The molecule has 0 aliphatic heterocycles. The van der Waals surface area contributed by atoms with Crippen LogP contribution in [0, 0.1) is 6.07 Å². The summed E-state index contributed by atoms with van der Waals surface area (Å²) in [6, 6.07) is 19.7. The van der Waals surface area contributed by atoms with Crippen LogP contribution in [0.1, 0.15) is 22.8 Å². The van der Waals surface area contributed by atoms with E-state index in [-0.39, 0.29) is 5.91 Å². The van der Waals surface area contributed by atoms with Gasteiger partial charge < -0.3 is 15.6 Å². The number of benzene rings is 3. The lowest BCUT2D eigenvalue weighted by atomic mass is 10.1. The number of para-hydroxylation sites is 1. The van der Waals surface area contributed by atoms with Crippen LogP contribution in [0.2, 0.25) is 5.02 Å². The molecular weight excluding hydrogens is 374 g/mol. The van der Waals surface area contributed by atoms with Crippen molar-refractivity contribution in [3.8, 4) is 0 Å². The van der Waals surface area contributed by atoms with Crippen LogP contribution in [0.5, 0.6) is 0 Å². The van der Waals surface area contributed by atoms with Crippen LogP contribution in [-0.2, 0) is 11.3 Å². The summed E-state index contributed by atoms with van der Waals surface area (Å²) in [6.07, 6.45) is 0. The largest absolute Gasteiger partial charge is 0.366 e. The number of anilines is 1. The molecule has 28 heavy (non-hydrogen) atoms. The van der Waals surface area contributed by atoms with Gasteiger partial charge in [-0.15, -0.1) is 0 Å². The fourth-order valence-corrected chi connectivity index (χ4v) is 3.84. The Morgan fingerprint density at radius 1 is 1.14 bits per heavy atom. The third-order valence-electron chi connectivity index (χ3n) is 4.70. The molecule has 1 heterocycles. The SMILES string of the molecule is CC(=O)Nc1ccccc1Cn1c2cccc(C(N)=O)c2c2[c]ccc(Cl)c21. The zero-order valence-electron chi connectivity index (χ0n) is 15.1. The third kappa shape index (κ3) is 3.00. The van der Waals surface area contributed by atoms with Gasteiger partial charge in [0.25, 0.3) is 0 Å².